The van der Waals surface area contributed by atoms with Crippen LogP contribution in [0, 0.1) is 13.8 Å². The van der Waals surface area contributed by atoms with Gasteiger partial charge in [0.2, 0.25) is 5.91 Å². The number of nitrogens with zero attached hydrogens (tertiary/aromatic N) is 4. The van der Waals surface area contributed by atoms with Gasteiger partial charge in [0, 0.05) is 33.9 Å². The minimum Gasteiger partial charge on any atom is -0.324 e. The molecule has 0 spiro atoms. The number of amides is 1. The number of carbonyl (C=O) groups is 1. The molecule has 0 unspecified atom stereocenters. The van der Waals surface area contributed by atoms with Crippen LogP contribution < -0.4 is 15.3 Å². The van der Waals surface area contributed by atoms with Crippen molar-refractivity contribution in [3.63, 3.8) is 0 Å². The van der Waals surface area contributed by atoms with E-state index in [9.17, 15) is 18.0 Å². The van der Waals surface area contributed by atoms with Crippen LogP contribution in [0.1, 0.15) is 11.1 Å². The number of benzene rings is 2. The van der Waals surface area contributed by atoms with Crippen LogP contribution in [0.2, 0.25) is 0 Å². The maximum atomic E-state index is 13.0. The highest BCUT2D eigenvalue weighted by Crippen LogP contribution is 2.25. The van der Waals surface area contributed by atoms with Crippen molar-refractivity contribution >= 4 is 38.5 Å². The Morgan fingerprint density at radius 3 is 2.29 bits per heavy atom. The van der Waals surface area contributed by atoms with Crippen molar-refractivity contribution in [2.75, 3.05) is 30.3 Å². The van der Waals surface area contributed by atoms with Crippen molar-refractivity contribution in [1.29, 1.82) is 0 Å². The molecule has 0 atom stereocenters. The Balaban J connectivity index is 1.94. The van der Waals surface area contributed by atoms with E-state index in [0.717, 1.165) is 25.3 Å². The standard InChI is InChI=1S/C21H27N5O4S/c1-14-7-8-15(2)18(11-14)26(31(29,30)23(3)4)13-20(27)22-16-9-10-17-19(12-16)25(6)21(28)24(17)5/h7-12H,13H2,1-6H3,(H,22,27). The molecule has 1 aromatic heterocycles. The van der Waals surface area contributed by atoms with Crippen molar-refractivity contribution in [1.82, 2.24) is 13.4 Å². The molecule has 0 radical (unpaired) electrons. The van der Waals surface area contributed by atoms with Crippen LogP contribution in [0.15, 0.2) is 41.2 Å². The minimum absolute atomic E-state index is 0.170. The first-order chi connectivity index (χ1) is 14.4. The number of hydrogen-bond acceptors (Lipinski definition) is 4. The van der Waals surface area contributed by atoms with Crippen molar-refractivity contribution in [2.24, 2.45) is 14.1 Å². The fourth-order valence-electron chi connectivity index (χ4n) is 3.39. The third-order valence-electron chi connectivity index (χ3n) is 5.22. The third kappa shape index (κ3) is 4.21. The highest BCUT2D eigenvalue weighted by Gasteiger charge is 2.28. The summed E-state index contributed by atoms with van der Waals surface area (Å²) in [7, 11) is 2.28. The summed E-state index contributed by atoms with van der Waals surface area (Å²) in [6.45, 7) is 3.27. The van der Waals surface area contributed by atoms with Crippen molar-refractivity contribution in [3.8, 4) is 0 Å². The molecule has 0 saturated carbocycles. The average molecular weight is 446 g/mol. The fraction of sp³-hybridized carbons (Fsp3) is 0.333. The van der Waals surface area contributed by atoms with Gasteiger partial charge in [-0.05, 0) is 49.2 Å². The molecule has 1 N–H and O–H groups in total. The topological polar surface area (TPSA) is 96.6 Å². The molecule has 166 valence electrons. The second kappa shape index (κ2) is 8.20. The lowest BCUT2D eigenvalue weighted by Crippen LogP contribution is -2.44. The Hall–Kier alpha value is -3.11. The summed E-state index contributed by atoms with van der Waals surface area (Å²) < 4.78 is 31.1. The predicted molar refractivity (Wildman–Crippen MR) is 123 cm³/mol. The van der Waals surface area contributed by atoms with Gasteiger partial charge in [-0.1, -0.05) is 12.1 Å². The van der Waals surface area contributed by atoms with E-state index in [1.807, 2.05) is 19.1 Å². The van der Waals surface area contributed by atoms with Gasteiger partial charge in [0.15, 0.2) is 0 Å². The lowest BCUT2D eigenvalue weighted by molar-refractivity contribution is -0.114. The first kappa shape index (κ1) is 22.6. The number of imidazole rings is 1. The summed E-state index contributed by atoms with van der Waals surface area (Å²) >= 11 is 0. The van der Waals surface area contributed by atoms with Gasteiger partial charge >= 0.3 is 15.9 Å². The van der Waals surface area contributed by atoms with Crippen LogP contribution in [0.3, 0.4) is 0 Å². The quantitative estimate of drug-likeness (QED) is 0.625. The Morgan fingerprint density at radius 2 is 1.65 bits per heavy atom. The molecule has 2 aromatic carbocycles. The minimum atomic E-state index is -3.91. The zero-order chi connectivity index (χ0) is 23.1. The monoisotopic (exact) mass is 445 g/mol. The smallest absolute Gasteiger partial charge is 0.324 e. The second-order valence-electron chi connectivity index (χ2n) is 7.74. The Bertz CT molecular complexity index is 1320. The largest absolute Gasteiger partial charge is 0.328 e. The number of aromatic nitrogens is 2. The van der Waals surface area contributed by atoms with Gasteiger partial charge in [0.25, 0.3) is 0 Å². The predicted octanol–water partition coefficient (Wildman–Crippen LogP) is 1.75. The summed E-state index contributed by atoms with van der Waals surface area (Å²) in [5.41, 5.74) is 3.78. The van der Waals surface area contributed by atoms with Crippen LogP contribution in [-0.4, -0.2) is 48.4 Å². The number of nitrogens with one attached hydrogen (secondary N) is 1. The number of aryl methyl sites for hydroxylation is 4. The molecule has 9 nitrogen and oxygen atoms in total. The van der Waals surface area contributed by atoms with E-state index in [4.69, 9.17) is 0 Å². The molecular weight excluding hydrogens is 418 g/mol. The lowest BCUT2D eigenvalue weighted by Gasteiger charge is -2.28. The van der Waals surface area contributed by atoms with Crippen molar-refractivity contribution in [2.45, 2.75) is 13.8 Å². The molecule has 0 fully saturated rings. The Morgan fingerprint density at radius 1 is 1.00 bits per heavy atom. The van der Waals surface area contributed by atoms with Crippen LogP contribution in [0.4, 0.5) is 11.4 Å². The number of hydrogen-bond donors (Lipinski definition) is 1. The van der Waals surface area contributed by atoms with E-state index in [1.165, 1.54) is 23.2 Å². The van der Waals surface area contributed by atoms with Gasteiger partial charge in [0.05, 0.1) is 16.7 Å². The maximum Gasteiger partial charge on any atom is 0.328 e. The summed E-state index contributed by atoms with van der Waals surface area (Å²) in [5.74, 6) is -0.494. The van der Waals surface area contributed by atoms with Gasteiger partial charge in [-0.25, -0.2) is 9.10 Å². The van der Waals surface area contributed by atoms with E-state index >= 15 is 0 Å². The van der Waals surface area contributed by atoms with Gasteiger partial charge in [-0.3, -0.25) is 13.9 Å². The molecule has 10 heteroatoms. The molecule has 0 bridgehead atoms. The van der Waals surface area contributed by atoms with E-state index < -0.39 is 22.7 Å². The van der Waals surface area contributed by atoms with Crippen molar-refractivity contribution < 1.29 is 13.2 Å². The van der Waals surface area contributed by atoms with Crippen molar-refractivity contribution in [3.05, 3.63) is 58.0 Å². The second-order valence-corrected chi connectivity index (χ2v) is 9.81. The van der Waals surface area contributed by atoms with E-state index in [0.29, 0.717) is 16.9 Å². The lowest BCUT2D eigenvalue weighted by atomic mass is 10.1. The highest BCUT2D eigenvalue weighted by atomic mass is 32.2. The Labute approximate surface area is 181 Å². The first-order valence-electron chi connectivity index (χ1n) is 9.66. The molecule has 0 saturated heterocycles. The first-order valence-corrected chi connectivity index (χ1v) is 11.1. The molecule has 3 rings (SSSR count). The highest BCUT2D eigenvalue weighted by molar-refractivity contribution is 7.90. The summed E-state index contributed by atoms with van der Waals surface area (Å²) in [5, 5.41) is 2.75. The molecule has 0 aliphatic heterocycles. The van der Waals surface area contributed by atoms with Gasteiger partial charge in [-0.15, -0.1) is 0 Å². The van der Waals surface area contributed by atoms with Crippen LogP contribution in [-0.2, 0) is 29.1 Å². The third-order valence-corrected chi connectivity index (χ3v) is 7.02. The molecule has 1 amide bonds. The zero-order valence-corrected chi connectivity index (χ0v) is 19.3. The average Bonchev–Trinajstić information content (AvgIpc) is 2.92. The van der Waals surface area contributed by atoms with Crippen LogP contribution in [0.5, 0.6) is 0 Å². The van der Waals surface area contributed by atoms with E-state index in [2.05, 4.69) is 5.32 Å². The van der Waals surface area contributed by atoms with E-state index in [1.54, 1.807) is 45.3 Å². The molecule has 3 aromatic rings. The SMILES string of the molecule is Cc1ccc(C)c(N(CC(=O)Nc2ccc3c(c2)n(C)c(=O)n3C)S(=O)(=O)N(C)C)c1. The molecular formula is C21H27N5O4S. The molecule has 0 aliphatic rings. The fourth-order valence-corrected chi connectivity index (χ4v) is 4.51. The zero-order valence-electron chi connectivity index (χ0n) is 18.5. The summed E-state index contributed by atoms with van der Waals surface area (Å²) in [4.78, 5) is 25.0. The van der Waals surface area contributed by atoms with Gasteiger partial charge in [-0.2, -0.15) is 12.7 Å². The molecule has 0 aliphatic carbocycles. The summed E-state index contributed by atoms with van der Waals surface area (Å²) in [6, 6.07) is 10.6. The van der Waals surface area contributed by atoms with E-state index in [-0.39, 0.29) is 5.69 Å². The van der Waals surface area contributed by atoms with Gasteiger partial charge < -0.3 is 5.32 Å². The Kier molecular flexibility index (Phi) is 5.97. The number of carbonyl (C=O) groups excluding carboxylic acids is 1. The molecule has 31 heavy (non-hydrogen) atoms. The normalized spacial score (nSPS) is 11.8. The number of rotatable bonds is 6. The number of fused-ring (bicyclic) bond motifs is 1. The van der Waals surface area contributed by atoms with Gasteiger partial charge in [0.1, 0.15) is 6.54 Å². The maximum absolute atomic E-state index is 13.0. The van der Waals surface area contributed by atoms with Crippen LogP contribution >= 0.6 is 0 Å². The molecule has 1 heterocycles. The van der Waals surface area contributed by atoms with Crippen LogP contribution in [0.25, 0.3) is 11.0 Å². The summed E-state index contributed by atoms with van der Waals surface area (Å²) in [6.07, 6.45) is 0. The number of anilines is 2.